The Hall–Kier alpha value is -3.31. The van der Waals surface area contributed by atoms with E-state index in [1.807, 2.05) is 19.1 Å². The molecule has 3 nitrogen and oxygen atoms in total. The van der Waals surface area contributed by atoms with Crippen LogP contribution in [0.25, 0.3) is 21.8 Å². The molecule has 1 heterocycles. The standard InChI is InChI=1S/C24H20FN3S/c1-15-3-7-17(8-4-15)21-24(28-22(26)18-11-13-20(25)14-12-18)29-23(27-21)19-9-5-16(2)6-10-19/h3-14H,1-2H3,(H2,26,28). The van der Waals surface area contributed by atoms with Crippen LogP contribution in [0.1, 0.15) is 16.7 Å². The molecule has 0 aliphatic carbocycles. The maximum absolute atomic E-state index is 13.2. The lowest BCUT2D eigenvalue weighted by Gasteiger charge is -2.02. The Morgan fingerprint density at radius 3 is 1.97 bits per heavy atom. The van der Waals surface area contributed by atoms with Gasteiger partial charge in [-0.3, -0.25) is 0 Å². The summed E-state index contributed by atoms with van der Waals surface area (Å²) in [6, 6.07) is 22.4. The summed E-state index contributed by atoms with van der Waals surface area (Å²) in [5, 5.41) is 1.61. The lowest BCUT2D eigenvalue weighted by molar-refractivity contribution is 0.628. The SMILES string of the molecule is Cc1ccc(-c2nc(-c3ccc(C)cc3)c(/N=C(\N)c3ccc(F)cc3)s2)cc1. The van der Waals surface area contributed by atoms with Crippen molar-refractivity contribution >= 4 is 22.2 Å². The van der Waals surface area contributed by atoms with Gasteiger partial charge in [0.1, 0.15) is 27.4 Å². The number of amidine groups is 1. The minimum Gasteiger partial charge on any atom is -0.383 e. The van der Waals surface area contributed by atoms with Crippen molar-refractivity contribution < 1.29 is 4.39 Å². The van der Waals surface area contributed by atoms with Crippen LogP contribution in [0.3, 0.4) is 0 Å². The molecule has 0 aliphatic heterocycles. The summed E-state index contributed by atoms with van der Waals surface area (Å²) in [6.45, 7) is 4.11. The number of halogens is 1. The largest absolute Gasteiger partial charge is 0.383 e. The van der Waals surface area contributed by atoms with Gasteiger partial charge in [0.2, 0.25) is 0 Å². The fourth-order valence-corrected chi connectivity index (χ4v) is 3.88. The molecule has 0 unspecified atom stereocenters. The van der Waals surface area contributed by atoms with Gasteiger partial charge in [0, 0.05) is 16.7 Å². The Morgan fingerprint density at radius 2 is 1.38 bits per heavy atom. The first-order valence-electron chi connectivity index (χ1n) is 9.24. The molecule has 29 heavy (non-hydrogen) atoms. The van der Waals surface area contributed by atoms with E-state index in [1.165, 1.54) is 34.6 Å². The minimum absolute atomic E-state index is 0.304. The van der Waals surface area contributed by atoms with Gasteiger partial charge in [0.15, 0.2) is 0 Å². The van der Waals surface area contributed by atoms with E-state index in [0.717, 1.165) is 26.8 Å². The summed E-state index contributed by atoms with van der Waals surface area (Å²) in [7, 11) is 0. The Bertz CT molecular complexity index is 1160. The summed E-state index contributed by atoms with van der Waals surface area (Å²) >= 11 is 1.49. The molecule has 2 N–H and O–H groups in total. The van der Waals surface area contributed by atoms with E-state index in [1.54, 1.807) is 12.1 Å². The molecule has 3 aromatic carbocycles. The van der Waals surface area contributed by atoms with E-state index in [4.69, 9.17) is 10.7 Å². The highest BCUT2D eigenvalue weighted by Crippen LogP contribution is 2.40. The normalized spacial score (nSPS) is 11.6. The highest BCUT2D eigenvalue weighted by atomic mass is 32.1. The van der Waals surface area contributed by atoms with Crippen molar-refractivity contribution in [3.8, 4) is 21.8 Å². The number of nitrogens with two attached hydrogens (primary N) is 1. The van der Waals surface area contributed by atoms with Crippen LogP contribution in [0.15, 0.2) is 77.8 Å². The number of aromatic nitrogens is 1. The van der Waals surface area contributed by atoms with E-state index in [2.05, 4.69) is 48.3 Å². The van der Waals surface area contributed by atoms with Gasteiger partial charge < -0.3 is 5.73 Å². The molecule has 0 saturated carbocycles. The number of hydrogen-bond acceptors (Lipinski definition) is 3. The summed E-state index contributed by atoms with van der Waals surface area (Å²) in [5.41, 5.74) is 12.1. The predicted molar refractivity (Wildman–Crippen MR) is 119 cm³/mol. The van der Waals surface area contributed by atoms with Crippen LogP contribution < -0.4 is 5.73 Å². The lowest BCUT2D eigenvalue weighted by Crippen LogP contribution is -2.12. The van der Waals surface area contributed by atoms with Gasteiger partial charge in [-0.15, -0.1) is 0 Å². The van der Waals surface area contributed by atoms with Gasteiger partial charge in [0.25, 0.3) is 0 Å². The predicted octanol–water partition coefficient (Wildman–Crippen LogP) is 6.27. The molecular weight excluding hydrogens is 381 g/mol. The highest BCUT2D eigenvalue weighted by Gasteiger charge is 2.15. The maximum Gasteiger partial charge on any atom is 0.146 e. The fraction of sp³-hybridized carbons (Fsp3) is 0.0833. The first-order valence-corrected chi connectivity index (χ1v) is 10.1. The molecule has 0 atom stereocenters. The van der Waals surface area contributed by atoms with Crippen LogP contribution >= 0.6 is 11.3 Å². The van der Waals surface area contributed by atoms with Crippen molar-refractivity contribution in [1.29, 1.82) is 0 Å². The van der Waals surface area contributed by atoms with Gasteiger partial charge in [-0.1, -0.05) is 71.0 Å². The Balaban J connectivity index is 1.82. The first kappa shape index (κ1) is 19.0. The number of thiazole rings is 1. The maximum atomic E-state index is 13.2. The van der Waals surface area contributed by atoms with E-state index in [9.17, 15) is 4.39 Å². The quantitative estimate of drug-likeness (QED) is 0.324. The van der Waals surface area contributed by atoms with Gasteiger partial charge in [0.05, 0.1) is 0 Å². The molecule has 4 aromatic rings. The van der Waals surface area contributed by atoms with Crippen LogP contribution in [-0.4, -0.2) is 10.8 Å². The van der Waals surface area contributed by atoms with E-state index < -0.39 is 0 Å². The van der Waals surface area contributed by atoms with E-state index in [0.29, 0.717) is 11.4 Å². The zero-order valence-corrected chi connectivity index (χ0v) is 17.0. The van der Waals surface area contributed by atoms with E-state index >= 15 is 0 Å². The van der Waals surface area contributed by atoms with Crippen molar-refractivity contribution in [2.75, 3.05) is 0 Å². The molecule has 0 bridgehead atoms. The van der Waals surface area contributed by atoms with Crippen molar-refractivity contribution in [3.05, 3.63) is 95.3 Å². The van der Waals surface area contributed by atoms with Crippen LogP contribution in [0.5, 0.6) is 0 Å². The summed E-state index contributed by atoms with van der Waals surface area (Å²) in [5.74, 6) is 0.0267. The smallest absolute Gasteiger partial charge is 0.146 e. The molecule has 0 aliphatic rings. The molecule has 0 radical (unpaired) electrons. The van der Waals surface area contributed by atoms with Crippen molar-refractivity contribution in [1.82, 2.24) is 4.98 Å². The number of aryl methyl sites for hydroxylation is 2. The van der Waals surface area contributed by atoms with Crippen LogP contribution in [-0.2, 0) is 0 Å². The second-order valence-corrected chi connectivity index (χ2v) is 7.89. The number of hydrogen-bond donors (Lipinski definition) is 1. The Morgan fingerprint density at radius 1 is 0.828 bits per heavy atom. The van der Waals surface area contributed by atoms with Gasteiger partial charge in [-0.25, -0.2) is 14.4 Å². The molecule has 0 saturated heterocycles. The molecule has 4 rings (SSSR count). The van der Waals surface area contributed by atoms with Gasteiger partial charge in [-0.05, 0) is 38.1 Å². The van der Waals surface area contributed by atoms with Crippen molar-refractivity contribution in [2.24, 2.45) is 10.7 Å². The fourth-order valence-electron chi connectivity index (χ4n) is 2.90. The summed E-state index contributed by atoms with van der Waals surface area (Å²) in [6.07, 6.45) is 0. The van der Waals surface area contributed by atoms with Crippen LogP contribution in [0.4, 0.5) is 9.39 Å². The minimum atomic E-state index is -0.304. The topological polar surface area (TPSA) is 51.3 Å². The molecular formula is C24H20FN3S. The molecule has 0 amide bonds. The highest BCUT2D eigenvalue weighted by molar-refractivity contribution is 7.19. The number of nitrogens with zero attached hydrogens (tertiary/aromatic N) is 2. The molecule has 5 heteroatoms. The number of benzene rings is 3. The second-order valence-electron chi connectivity index (χ2n) is 6.91. The number of aliphatic imine (C=N–C) groups is 1. The average molecular weight is 402 g/mol. The third kappa shape index (κ3) is 4.25. The lowest BCUT2D eigenvalue weighted by atomic mass is 10.1. The third-order valence-electron chi connectivity index (χ3n) is 4.59. The second kappa shape index (κ2) is 7.97. The molecule has 1 aromatic heterocycles. The number of rotatable bonds is 4. The zero-order chi connectivity index (χ0) is 20.4. The molecule has 0 fully saturated rings. The Kier molecular flexibility index (Phi) is 5.23. The van der Waals surface area contributed by atoms with Crippen LogP contribution in [0.2, 0.25) is 0 Å². The molecule has 0 spiro atoms. The summed E-state index contributed by atoms with van der Waals surface area (Å²) < 4.78 is 13.2. The average Bonchev–Trinajstić information content (AvgIpc) is 3.13. The van der Waals surface area contributed by atoms with Gasteiger partial charge >= 0.3 is 0 Å². The summed E-state index contributed by atoms with van der Waals surface area (Å²) in [4.78, 5) is 9.52. The van der Waals surface area contributed by atoms with E-state index in [-0.39, 0.29) is 5.82 Å². The molecule has 144 valence electrons. The van der Waals surface area contributed by atoms with Crippen molar-refractivity contribution in [2.45, 2.75) is 13.8 Å². The van der Waals surface area contributed by atoms with Crippen LogP contribution in [0, 0.1) is 19.7 Å². The Labute approximate surface area is 173 Å². The zero-order valence-electron chi connectivity index (χ0n) is 16.2. The third-order valence-corrected chi connectivity index (χ3v) is 5.59. The van der Waals surface area contributed by atoms with Gasteiger partial charge in [-0.2, -0.15) is 0 Å². The monoisotopic (exact) mass is 401 g/mol. The first-order chi connectivity index (χ1) is 14.0. The van der Waals surface area contributed by atoms with Crippen molar-refractivity contribution in [3.63, 3.8) is 0 Å².